The smallest absolute Gasteiger partial charge is 0.150 e. The third-order valence-electron chi connectivity index (χ3n) is 5.25. The molecule has 0 heterocycles. The zero-order valence-electron chi connectivity index (χ0n) is 12.2. The molecule has 1 aromatic carbocycles. The van der Waals surface area contributed by atoms with Crippen molar-refractivity contribution in [2.45, 2.75) is 49.4 Å². The Morgan fingerprint density at radius 2 is 2.10 bits per heavy atom. The molecular formula is C16H21FO3S. The average molecular weight is 312 g/mol. The second kappa shape index (κ2) is 5.06. The molecule has 3 atom stereocenters. The fourth-order valence-electron chi connectivity index (χ4n) is 4.06. The zero-order chi connectivity index (χ0) is 15.3. The van der Waals surface area contributed by atoms with E-state index in [0.29, 0.717) is 36.8 Å². The SMILES string of the molecule is CS(=O)(=O)C1CCCC(C2(O)CCc3c(F)cccc32)C1. The fraction of sp³-hybridized carbons (Fsp3) is 0.625. The maximum atomic E-state index is 13.9. The van der Waals surface area contributed by atoms with E-state index in [1.807, 2.05) is 0 Å². The van der Waals surface area contributed by atoms with Gasteiger partial charge >= 0.3 is 0 Å². The monoisotopic (exact) mass is 312 g/mol. The summed E-state index contributed by atoms with van der Waals surface area (Å²) >= 11 is 0. The molecular weight excluding hydrogens is 291 g/mol. The van der Waals surface area contributed by atoms with Crippen LogP contribution in [0.4, 0.5) is 4.39 Å². The molecule has 1 N–H and O–H groups in total. The number of rotatable bonds is 2. The number of sulfone groups is 1. The van der Waals surface area contributed by atoms with Gasteiger partial charge in [0.05, 0.1) is 10.9 Å². The second-order valence-corrected chi connectivity index (χ2v) is 8.83. The molecule has 1 aromatic rings. The van der Waals surface area contributed by atoms with Gasteiger partial charge in [0.15, 0.2) is 0 Å². The summed E-state index contributed by atoms with van der Waals surface area (Å²) in [4.78, 5) is 0. The number of benzene rings is 1. The van der Waals surface area contributed by atoms with Crippen LogP contribution < -0.4 is 0 Å². The highest BCUT2D eigenvalue weighted by Gasteiger charge is 2.46. The third kappa shape index (κ3) is 2.50. The van der Waals surface area contributed by atoms with Gasteiger partial charge < -0.3 is 5.11 Å². The predicted molar refractivity (Wildman–Crippen MR) is 79.2 cm³/mol. The maximum absolute atomic E-state index is 13.9. The van der Waals surface area contributed by atoms with E-state index in [4.69, 9.17) is 0 Å². The van der Waals surface area contributed by atoms with Crippen LogP contribution in [0.5, 0.6) is 0 Å². The second-order valence-electron chi connectivity index (χ2n) is 6.51. The Morgan fingerprint density at radius 1 is 1.33 bits per heavy atom. The molecule has 0 aliphatic heterocycles. The largest absolute Gasteiger partial charge is 0.385 e. The minimum Gasteiger partial charge on any atom is -0.385 e. The van der Waals surface area contributed by atoms with Crippen LogP contribution in [-0.4, -0.2) is 25.0 Å². The average Bonchev–Trinajstić information content (AvgIpc) is 2.79. The van der Waals surface area contributed by atoms with Crippen molar-refractivity contribution in [1.82, 2.24) is 0 Å². The van der Waals surface area contributed by atoms with Gasteiger partial charge in [-0.05, 0) is 55.2 Å². The van der Waals surface area contributed by atoms with E-state index in [-0.39, 0.29) is 17.0 Å². The van der Waals surface area contributed by atoms with Crippen molar-refractivity contribution < 1.29 is 17.9 Å². The molecule has 0 spiro atoms. The summed E-state index contributed by atoms with van der Waals surface area (Å²) in [6.45, 7) is 0. The Balaban J connectivity index is 1.93. The lowest BCUT2D eigenvalue weighted by molar-refractivity contribution is -0.0363. The van der Waals surface area contributed by atoms with Crippen LogP contribution >= 0.6 is 0 Å². The van der Waals surface area contributed by atoms with Crippen LogP contribution in [0.15, 0.2) is 18.2 Å². The number of hydrogen-bond acceptors (Lipinski definition) is 3. The van der Waals surface area contributed by atoms with Crippen molar-refractivity contribution >= 4 is 9.84 Å². The minimum atomic E-state index is -3.09. The quantitative estimate of drug-likeness (QED) is 0.913. The zero-order valence-corrected chi connectivity index (χ0v) is 13.0. The van der Waals surface area contributed by atoms with Gasteiger partial charge in [0.25, 0.3) is 0 Å². The molecule has 2 aliphatic carbocycles. The lowest BCUT2D eigenvalue weighted by atomic mass is 9.74. The Kier molecular flexibility index (Phi) is 3.61. The molecule has 0 bridgehead atoms. The fourth-order valence-corrected chi connectivity index (χ4v) is 5.24. The summed E-state index contributed by atoms with van der Waals surface area (Å²) in [5, 5.41) is 10.7. The first-order valence-electron chi connectivity index (χ1n) is 7.51. The lowest BCUT2D eigenvalue weighted by Crippen LogP contribution is -2.39. The Labute approximate surface area is 125 Å². The molecule has 2 aliphatic rings. The Morgan fingerprint density at radius 3 is 2.81 bits per heavy atom. The van der Waals surface area contributed by atoms with Gasteiger partial charge in [-0.15, -0.1) is 0 Å². The van der Waals surface area contributed by atoms with E-state index >= 15 is 0 Å². The maximum Gasteiger partial charge on any atom is 0.150 e. The van der Waals surface area contributed by atoms with Crippen molar-refractivity contribution in [2.24, 2.45) is 5.92 Å². The number of halogens is 1. The van der Waals surface area contributed by atoms with E-state index < -0.39 is 15.4 Å². The van der Waals surface area contributed by atoms with Crippen LogP contribution in [0.2, 0.25) is 0 Å². The van der Waals surface area contributed by atoms with Gasteiger partial charge in [-0.25, -0.2) is 12.8 Å². The van der Waals surface area contributed by atoms with E-state index in [2.05, 4.69) is 0 Å². The number of aliphatic hydroxyl groups is 1. The van der Waals surface area contributed by atoms with Gasteiger partial charge in [0.1, 0.15) is 15.7 Å². The first kappa shape index (κ1) is 15.0. The summed E-state index contributed by atoms with van der Waals surface area (Å²) in [5.41, 5.74) is 0.198. The molecule has 3 nitrogen and oxygen atoms in total. The van der Waals surface area contributed by atoms with Gasteiger partial charge in [-0.2, -0.15) is 0 Å². The van der Waals surface area contributed by atoms with Crippen molar-refractivity contribution in [1.29, 1.82) is 0 Å². The summed E-state index contributed by atoms with van der Waals surface area (Å²) in [7, 11) is -3.09. The lowest BCUT2D eigenvalue weighted by Gasteiger charge is -2.38. The molecule has 0 amide bonds. The first-order chi connectivity index (χ1) is 9.82. The Bertz CT molecular complexity index is 655. The van der Waals surface area contributed by atoms with E-state index in [9.17, 15) is 17.9 Å². The highest BCUT2D eigenvalue weighted by molar-refractivity contribution is 7.91. The third-order valence-corrected chi connectivity index (χ3v) is 6.89. The highest BCUT2D eigenvalue weighted by Crippen LogP contribution is 2.48. The highest BCUT2D eigenvalue weighted by atomic mass is 32.2. The number of hydrogen-bond donors (Lipinski definition) is 1. The van der Waals surface area contributed by atoms with E-state index in [1.54, 1.807) is 12.1 Å². The van der Waals surface area contributed by atoms with Crippen LogP contribution in [0, 0.1) is 11.7 Å². The molecule has 0 aromatic heterocycles. The van der Waals surface area contributed by atoms with Crippen molar-refractivity contribution in [3.05, 3.63) is 35.1 Å². The van der Waals surface area contributed by atoms with Gasteiger partial charge in [-0.1, -0.05) is 18.6 Å². The normalized spacial score (nSPS) is 32.9. The standard InChI is InChI=1S/C16H21FO3S/c1-21(19,20)12-5-2-4-11(10-12)16(18)9-8-13-14(16)6-3-7-15(13)17/h3,6-7,11-12,18H,2,4-5,8-10H2,1H3. The number of fused-ring (bicyclic) bond motifs is 1. The summed E-state index contributed by atoms with van der Waals surface area (Å²) in [5.74, 6) is -0.368. The van der Waals surface area contributed by atoms with Crippen LogP contribution in [-0.2, 0) is 21.9 Å². The molecule has 3 unspecified atom stereocenters. The molecule has 1 saturated carbocycles. The van der Waals surface area contributed by atoms with Crippen molar-refractivity contribution in [3.63, 3.8) is 0 Å². The Hall–Kier alpha value is -0.940. The van der Waals surface area contributed by atoms with Crippen LogP contribution in [0.3, 0.4) is 0 Å². The van der Waals surface area contributed by atoms with Crippen LogP contribution in [0.1, 0.15) is 43.2 Å². The predicted octanol–water partition coefficient (Wildman–Crippen LogP) is 2.56. The molecule has 0 radical (unpaired) electrons. The molecule has 116 valence electrons. The van der Waals surface area contributed by atoms with Gasteiger partial charge in [-0.3, -0.25) is 0 Å². The molecule has 0 saturated heterocycles. The van der Waals surface area contributed by atoms with Gasteiger partial charge in [0.2, 0.25) is 0 Å². The van der Waals surface area contributed by atoms with Crippen molar-refractivity contribution in [2.75, 3.05) is 6.26 Å². The topological polar surface area (TPSA) is 54.4 Å². The van der Waals surface area contributed by atoms with Crippen molar-refractivity contribution in [3.8, 4) is 0 Å². The molecule has 3 rings (SSSR count). The van der Waals surface area contributed by atoms with E-state index in [0.717, 1.165) is 12.8 Å². The van der Waals surface area contributed by atoms with Crippen LogP contribution in [0.25, 0.3) is 0 Å². The summed E-state index contributed by atoms with van der Waals surface area (Å²) in [6, 6.07) is 4.83. The summed E-state index contributed by atoms with van der Waals surface area (Å²) < 4.78 is 37.5. The van der Waals surface area contributed by atoms with E-state index in [1.165, 1.54) is 12.3 Å². The van der Waals surface area contributed by atoms with Gasteiger partial charge in [0, 0.05) is 6.26 Å². The molecule has 1 fully saturated rings. The minimum absolute atomic E-state index is 0.103. The molecule has 5 heteroatoms. The molecule has 21 heavy (non-hydrogen) atoms. The first-order valence-corrected chi connectivity index (χ1v) is 9.47. The summed E-state index contributed by atoms with van der Waals surface area (Å²) in [6.07, 6.45) is 5.04.